The lowest BCUT2D eigenvalue weighted by Gasteiger charge is -2.39. The van der Waals surface area contributed by atoms with Crippen molar-refractivity contribution in [1.29, 1.82) is 0 Å². The first-order valence-corrected chi connectivity index (χ1v) is 8.45. The molecule has 0 aromatic heterocycles. The van der Waals surface area contributed by atoms with E-state index < -0.39 is 0 Å². The molecule has 0 amide bonds. The number of hydrogen-bond donors (Lipinski definition) is 1. The fourth-order valence-electron chi connectivity index (χ4n) is 3.72. The van der Waals surface area contributed by atoms with Crippen molar-refractivity contribution in [3.05, 3.63) is 34.1 Å². The zero-order valence-corrected chi connectivity index (χ0v) is 15.8. The Kier molecular flexibility index (Phi) is 8.65. The Hall–Kier alpha value is 0.130. The highest BCUT2D eigenvalue weighted by molar-refractivity contribution is 9.10. The lowest BCUT2D eigenvalue weighted by atomic mass is 9.89. The Labute approximate surface area is 153 Å². The summed E-state index contributed by atoms with van der Waals surface area (Å²) in [6, 6.07) is 5.63. The molecule has 0 spiro atoms. The summed E-state index contributed by atoms with van der Waals surface area (Å²) >= 11 is 3.58. The van der Waals surface area contributed by atoms with Crippen molar-refractivity contribution >= 4 is 40.7 Å². The van der Waals surface area contributed by atoms with E-state index in [-0.39, 0.29) is 30.6 Å². The van der Waals surface area contributed by atoms with Crippen LogP contribution in [-0.4, -0.2) is 31.1 Å². The minimum atomic E-state index is -0.161. The second-order valence-corrected chi connectivity index (χ2v) is 6.80. The van der Waals surface area contributed by atoms with Crippen LogP contribution in [0.25, 0.3) is 0 Å². The normalized spacial score (nSPS) is 21.0. The highest BCUT2D eigenvalue weighted by atomic mass is 79.9. The van der Waals surface area contributed by atoms with E-state index in [4.69, 9.17) is 0 Å². The molecular formula is C16H24BrCl2FN2. The van der Waals surface area contributed by atoms with Crippen LogP contribution in [0.15, 0.2) is 22.7 Å². The molecular weight excluding hydrogens is 390 g/mol. The molecule has 2 nitrogen and oxygen atoms in total. The van der Waals surface area contributed by atoms with Crippen molar-refractivity contribution in [3.8, 4) is 0 Å². The Morgan fingerprint density at radius 3 is 2.36 bits per heavy atom. The van der Waals surface area contributed by atoms with Crippen LogP contribution in [0.1, 0.15) is 37.3 Å². The Balaban J connectivity index is 0.00000121. The van der Waals surface area contributed by atoms with Crippen LogP contribution < -0.4 is 5.32 Å². The van der Waals surface area contributed by atoms with Crippen LogP contribution in [0, 0.1) is 11.7 Å². The van der Waals surface area contributed by atoms with Gasteiger partial charge in [0.15, 0.2) is 0 Å². The van der Waals surface area contributed by atoms with Crippen LogP contribution in [-0.2, 0) is 0 Å². The molecule has 0 radical (unpaired) electrons. The van der Waals surface area contributed by atoms with Gasteiger partial charge in [-0.1, -0.05) is 34.8 Å². The molecule has 1 heterocycles. The van der Waals surface area contributed by atoms with Gasteiger partial charge in [-0.25, -0.2) is 4.39 Å². The van der Waals surface area contributed by atoms with Crippen LogP contribution >= 0.6 is 40.7 Å². The zero-order valence-electron chi connectivity index (χ0n) is 12.6. The van der Waals surface area contributed by atoms with Crippen molar-refractivity contribution in [1.82, 2.24) is 10.2 Å². The van der Waals surface area contributed by atoms with Gasteiger partial charge in [-0.15, -0.1) is 24.8 Å². The predicted molar refractivity (Wildman–Crippen MR) is 97.7 cm³/mol. The topological polar surface area (TPSA) is 15.3 Å². The maximum absolute atomic E-state index is 13.4. The second-order valence-electron chi connectivity index (χ2n) is 5.94. The third-order valence-corrected chi connectivity index (χ3v) is 5.36. The minimum Gasteiger partial charge on any atom is -0.314 e. The molecule has 1 aliphatic heterocycles. The smallest absolute Gasteiger partial charge is 0.124 e. The van der Waals surface area contributed by atoms with Gasteiger partial charge in [0.2, 0.25) is 0 Å². The molecule has 1 atom stereocenters. The summed E-state index contributed by atoms with van der Waals surface area (Å²) in [7, 11) is 0. The van der Waals surface area contributed by atoms with E-state index in [9.17, 15) is 4.39 Å². The second kappa shape index (κ2) is 9.43. The summed E-state index contributed by atoms with van der Waals surface area (Å²) in [5, 5.41) is 3.42. The van der Waals surface area contributed by atoms with Gasteiger partial charge < -0.3 is 5.32 Å². The highest BCUT2D eigenvalue weighted by Gasteiger charge is 2.32. The molecule has 22 heavy (non-hydrogen) atoms. The van der Waals surface area contributed by atoms with E-state index in [1.807, 2.05) is 6.07 Å². The molecule has 2 fully saturated rings. The SMILES string of the molecule is Cl.Cl.Fc1ccc([C@H](C2CCCC2)N2CCNCC2)c(Br)c1. The molecule has 0 unspecified atom stereocenters. The van der Waals surface area contributed by atoms with Gasteiger partial charge in [-0.05, 0) is 36.5 Å². The van der Waals surface area contributed by atoms with Gasteiger partial charge in [-0.2, -0.15) is 0 Å². The maximum Gasteiger partial charge on any atom is 0.124 e. The average molecular weight is 414 g/mol. The van der Waals surface area contributed by atoms with E-state index in [2.05, 4.69) is 26.1 Å². The van der Waals surface area contributed by atoms with E-state index >= 15 is 0 Å². The molecule has 1 aromatic carbocycles. The Morgan fingerprint density at radius 1 is 1.14 bits per heavy atom. The zero-order chi connectivity index (χ0) is 13.9. The largest absolute Gasteiger partial charge is 0.314 e. The summed E-state index contributed by atoms with van der Waals surface area (Å²) in [4.78, 5) is 2.59. The summed E-state index contributed by atoms with van der Waals surface area (Å²) in [6.07, 6.45) is 5.29. The third kappa shape index (κ3) is 4.57. The number of hydrogen-bond acceptors (Lipinski definition) is 2. The predicted octanol–water partition coefficient (Wildman–Crippen LogP) is 4.57. The fraction of sp³-hybridized carbons (Fsp3) is 0.625. The number of rotatable bonds is 3. The lowest BCUT2D eigenvalue weighted by Crippen LogP contribution is -2.46. The number of benzene rings is 1. The molecule has 0 bridgehead atoms. The van der Waals surface area contributed by atoms with Crippen molar-refractivity contribution in [2.45, 2.75) is 31.7 Å². The molecule has 1 N–H and O–H groups in total. The molecule has 3 rings (SSSR count). The number of nitrogens with zero attached hydrogens (tertiary/aromatic N) is 1. The van der Waals surface area contributed by atoms with Gasteiger partial charge in [0, 0.05) is 36.7 Å². The molecule has 1 aromatic rings. The monoisotopic (exact) mass is 412 g/mol. The molecule has 6 heteroatoms. The molecule has 1 saturated carbocycles. The fourth-order valence-corrected chi connectivity index (χ4v) is 4.31. The number of piperazine rings is 1. The summed E-state index contributed by atoms with van der Waals surface area (Å²) in [5.41, 5.74) is 1.26. The van der Waals surface area contributed by atoms with Crippen molar-refractivity contribution in [2.24, 2.45) is 5.92 Å². The first-order chi connectivity index (χ1) is 9.75. The maximum atomic E-state index is 13.4. The first-order valence-electron chi connectivity index (χ1n) is 7.65. The lowest BCUT2D eigenvalue weighted by molar-refractivity contribution is 0.125. The summed E-state index contributed by atoms with van der Waals surface area (Å²) in [5.74, 6) is 0.556. The Bertz CT molecular complexity index is 463. The van der Waals surface area contributed by atoms with Gasteiger partial charge in [0.1, 0.15) is 5.82 Å². The van der Waals surface area contributed by atoms with Gasteiger partial charge >= 0.3 is 0 Å². The molecule has 1 saturated heterocycles. The van der Waals surface area contributed by atoms with E-state index in [1.165, 1.54) is 31.2 Å². The van der Waals surface area contributed by atoms with Crippen molar-refractivity contribution in [3.63, 3.8) is 0 Å². The van der Waals surface area contributed by atoms with Crippen LogP contribution in [0.5, 0.6) is 0 Å². The van der Waals surface area contributed by atoms with Gasteiger partial charge in [-0.3, -0.25) is 4.90 Å². The van der Waals surface area contributed by atoms with Crippen LogP contribution in [0.2, 0.25) is 0 Å². The van der Waals surface area contributed by atoms with E-state index in [0.29, 0.717) is 6.04 Å². The highest BCUT2D eigenvalue weighted by Crippen LogP contribution is 2.42. The van der Waals surface area contributed by atoms with Crippen molar-refractivity contribution in [2.75, 3.05) is 26.2 Å². The van der Waals surface area contributed by atoms with Crippen LogP contribution in [0.3, 0.4) is 0 Å². The van der Waals surface area contributed by atoms with Crippen molar-refractivity contribution < 1.29 is 4.39 Å². The molecule has 126 valence electrons. The Morgan fingerprint density at radius 2 is 1.77 bits per heavy atom. The number of nitrogens with one attached hydrogen (secondary N) is 1. The molecule has 1 aliphatic carbocycles. The number of halogens is 4. The molecule has 2 aliphatic rings. The first kappa shape index (κ1) is 20.2. The van der Waals surface area contributed by atoms with E-state index in [0.717, 1.165) is 36.6 Å². The quantitative estimate of drug-likeness (QED) is 0.780. The van der Waals surface area contributed by atoms with Gasteiger partial charge in [0.05, 0.1) is 0 Å². The minimum absolute atomic E-state index is 0. The average Bonchev–Trinajstić information content (AvgIpc) is 2.97. The summed E-state index contributed by atoms with van der Waals surface area (Å²) in [6.45, 7) is 4.29. The summed E-state index contributed by atoms with van der Waals surface area (Å²) < 4.78 is 14.3. The van der Waals surface area contributed by atoms with E-state index in [1.54, 1.807) is 12.1 Å². The third-order valence-electron chi connectivity index (χ3n) is 4.67. The van der Waals surface area contributed by atoms with Crippen LogP contribution in [0.4, 0.5) is 4.39 Å². The van der Waals surface area contributed by atoms with Gasteiger partial charge in [0.25, 0.3) is 0 Å². The standard InChI is InChI=1S/C16H22BrFN2.2ClH/c17-15-11-13(18)5-6-14(15)16(12-3-1-2-4-12)20-9-7-19-8-10-20;;/h5-6,11-12,16,19H,1-4,7-10H2;2*1H/t16-;;/m0../s1.